The molecule has 0 aliphatic heterocycles. The highest BCUT2D eigenvalue weighted by molar-refractivity contribution is 7.86. The third-order valence-electron chi connectivity index (χ3n) is 8.17. The van der Waals surface area contributed by atoms with Crippen LogP contribution in [-0.4, -0.2) is 18.9 Å². The summed E-state index contributed by atoms with van der Waals surface area (Å²) < 4.78 is 28.4. The molecule has 2 atom stereocenters. The molecule has 36 heavy (non-hydrogen) atoms. The van der Waals surface area contributed by atoms with Crippen LogP contribution in [0.4, 0.5) is 0 Å². The normalized spacial score (nSPS) is 19.4. The number of hydrogen-bond acceptors (Lipinski definition) is 2. The number of hydrogen-bond donors (Lipinski definition) is 0. The summed E-state index contributed by atoms with van der Waals surface area (Å²) in [5, 5.41) is 4.88. The molecule has 2 aliphatic rings. The maximum absolute atomic E-state index is 14.2. The van der Waals surface area contributed by atoms with Crippen molar-refractivity contribution in [3.8, 4) is 11.1 Å². The van der Waals surface area contributed by atoms with Crippen LogP contribution in [0.5, 0.6) is 0 Å². The summed E-state index contributed by atoms with van der Waals surface area (Å²) in [7, 11) is -2.21. The van der Waals surface area contributed by atoms with Gasteiger partial charge >= 0.3 is 0 Å². The fourth-order valence-electron chi connectivity index (χ4n) is 6.27. The average Bonchev–Trinajstić information content (AvgIpc) is 2.96. The fourth-order valence-corrected chi connectivity index (χ4v) is 9.74. The van der Waals surface area contributed by atoms with Crippen LogP contribution >= 0.6 is 0 Å². The average molecular weight is 515 g/mol. The van der Waals surface area contributed by atoms with E-state index in [-0.39, 0.29) is 10.5 Å². The van der Waals surface area contributed by atoms with Gasteiger partial charge in [0, 0.05) is 31.4 Å². The Morgan fingerprint density at radius 1 is 0.472 bits per heavy atom. The number of benzene rings is 4. The van der Waals surface area contributed by atoms with Crippen LogP contribution in [0.15, 0.2) is 82.6 Å². The zero-order chi connectivity index (χ0) is 24.5. The van der Waals surface area contributed by atoms with E-state index in [9.17, 15) is 8.42 Å². The van der Waals surface area contributed by atoms with Crippen molar-refractivity contribution < 1.29 is 8.42 Å². The quantitative estimate of drug-likeness (QED) is 0.267. The highest BCUT2D eigenvalue weighted by Gasteiger charge is 2.29. The molecule has 0 amide bonds. The van der Waals surface area contributed by atoms with Gasteiger partial charge in [0.25, 0.3) is 0 Å². The lowest BCUT2D eigenvalue weighted by Crippen LogP contribution is -2.20. The maximum Gasteiger partial charge on any atom is 0.0567 e. The maximum atomic E-state index is 14.2. The Hall–Kier alpha value is -2.30. The van der Waals surface area contributed by atoms with Crippen LogP contribution < -0.4 is 0 Å². The van der Waals surface area contributed by atoms with Gasteiger partial charge in [-0.1, -0.05) is 99.2 Å². The molecule has 0 aromatic heterocycles. The molecule has 2 nitrogen and oxygen atoms in total. The highest BCUT2D eigenvalue weighted by atomic mass is 32.2. The predicted molar refractivity (Wildman–Crippen MR) is 153 cm³/mol. The number of fused-ring (bicyclic) bond motifs is 2. The molecule has 4 aromatic carbocycles. The van der Waals surface area contributed by atoms with Gasteiger partial charge in [0.15, 0.2) is 0 Å². The molecule has 0 bridgehead atoms. The highest BCUT2D eigenvalue weighted by Crippen LogP contribution is 2.44. The van der Waals surface area contributed by atoms with Gasteiger partial charge in [-0.05, 0) is 59.4 Å². The van der Waals surface area contributed by atoms with E-state index in [0.717, 1.165) is 93.8 Å². The van der Waals surface area contributed by atoms with E-state index in [0.29, 0.717) is 0 Å². The first-order chi connectivity index (χ1) is 17.7. The van der Waals surface area contributed by atoms with Crippen molar-refractivity contribution in [1.82, 2.24) is 0 Å². The van der Waals surface area contributed by atoms with Crippen LogP contribution in [0.1, 0.15) is 64.2 Å². The zero-order valence-corrected chi connectivity index (χ0v) is 22.4. The first-order valence-electron chi connectivity index (χ1n) is 13.6. The molecule has 4 aromatic rings. The molecule has 6 rings (SSSR count). The van der Waals surface area contributed by atoms with Crippen molar-refractivity contribution in [2.75, 3.05) is 0 Å². The van der Waals surface area contributed by atoms with Crippen molar-refractivity contribution in [1.29, 1.82) is 0 Å². The second kappa shape index (κ2) is 10.6. The Morgan fingerprint density at radius 3 is 1.28 bits per heavy atom. The molecule has 2 aliphatic carbocycles. The van der Waals surface area contributed by atoms with Gasteiger partial charge < -0.3 is 0 Å². The molecule has 2 fully saturated rings. The monoisotopic (exact) mass is 514 g/mol. The Bertz CT molecular complexity index is 1330. The van der Waals surface area contributed by atoms with Crippen LogP contribution in [0.2, 0.25) is 0 Å². The standard InChI is InChI=1S/C32H34O2S2/c33-35(25-13-3-1-4-14-25)29-21-19-23-11-7-9-17-27(23)31(29)32-28-18-10-8-12-24(28)20-22-30(32)36(34)26-15-5-2-6-16-26/h7-12,17-22,25-26H,1-6,13-16H2. The SMILES string of the molecule is O=S(c1ccc2ccccc2c1-c1c(S(=O)C2CCCCC2)ccc2ccccc12)C1CCCCC1. The smallest absolute Gasteiger partial charge is 0.0567 e. The Balaban J connectivity index is 1.63. The largest absolute Gasteiger partial charge is 0.254 e. The van der Waals surface area contributed by atoms with Gasteiger partial charge in [-0.2, -0.15) is 0 Å². The van der Waals surface area contributed by atoms with Gasteiger partial charge in [0.2, 0.25) is 0 Å². The van der Waals surface area contributed by atoms with Gasteiger partial charge in [0.05, 0.1) is 21.6 Å². The molecular weight excluding hydrogens is 480 g/mol. The van der Waals surface area contributed by atoms with Gasteiger partial charge in [-0.15, -0.1) is 0 Å². The minimum absolute atomic E-state index is 0.195. The van der Waals surface area contributed by atoms with E-state index in [2.05, 4.69) is 72.8 Å². The molecule has 0 saturated heterocycles. The first-order valence-corrected chi connectivity index (χ1v) is 16.0. The fraction of sp³-hybridized carbons (Fsp3) is 0.375. The topological polar surface area (TPSA) is 34.1 Å². The summed E-state index contributed by atoms with van der Waals surface area (Å²) in [6, 6.07) is 25.3. The predicted octanol–water partition coefficient (Wildman–Crippen LogP) is 8.54. The van der Waals surface area contributed by atoms with Gasteiger partial charge in [-0.3, -0.25) is 8.42 Å². The van der Waals surface area contributed by atoms with Crippen molar-refractivity contribution in [2.24, 2.45) is 0 Å². The van der Waals surface area contributed by atoms with Crippen molar-refractivity contribution in [3.63, 3.8) is 0 Å². The van der Waals surface area contributed by atoms with Gasteiger partial charge in [-0.25, -0.2) is 0 Å². The van der Waals surface area contributed by atoms with Crippen molar-refractivity contribution in [2.45, 2.75) is 84.5 Å². The summed E-state index contributed by atoms with van der Waals surface area (Å²) in [6.07, 6.45) is 11.2. The van der Waals surface area contributed by atoms with E-state index < -0.39 is 21.6 Å². The molecule has 0 radical (unpaired) electrons. The lowest BCUT2D eigenvalue weighted by Gasteiger charge is -2.26. The third-order valence-corrected chi connectivity index (χ3v) is 11.9. The van der Waals surface area contributed by atoms with Crippen molar-refractivity contribution in [3.05, 3.63) is 72.8 Å². The van der Waals surface area contributed by atoms with Crippen LogP contribution in [0.3, 0.4) is 0 Å². The Kier molecular flexibility index (Phi) is 7.08. The molecule has 2 unspecified atom stereocenters. The van der Waals surface area contributed by atoms with Crippen LogP contribution in [0.25, 0.3) is 32.7 Å². The van der Waals surface area contributed by atoms with Gasteiger partial charge in [0.1, 0.15) is 0 Å². The first kappa shape index (κ1) is 24.1. The van der Waals surface area contributed by atoms with Crippen molar-refractivity contribution >= 4 is 43.1 Å². The lowest BCUT2D eigenvalue weighted by molar-refractivity contribution is 0.504. The minimum atomic E-state index is -1.11. The Labute approximate surface area is 219 Å². The summed E-state index contributed by atoms with van der Waals surface area (Å²) in [5.41, 5.74) is 2.07. The van der Waals surface area contributed by atoms with E-state index in [1.165, 1.54) is 12.8 Å². The third kappa shape index (κ3) is 4.48. The minimum Gasteiger partial charge on any atom is -0.254 e. The number of rotatable bonds is 5. The molecule has 0 heterocycles. The molecule has 0 spiro atoms. The Morgan fingerprint density at radius 2 is 0.861 bits per heavy atom. The molecule has 2 saturated carbocycles. The molecule has 186 valence electrons. The van der Waals surface area contributed by atoms with E-state index in [1.807, 2.05) is 0 Å². The summed E-state index contributed by atoms with van der Waals surface area (Å²) in [4.78, 5) is 1.83. The molecule has 0 N–H and O–H groups in total. The summed E-state index contributed by atoms with van der Waals surface area (Å²) in [5.74, 6) is 0. The second-order valence-corrected chi connectivity index (χ2v) is 13.8. The van der Waals surface area contributed by atoms with Crippen LogP contribution in [0, 0.1) is 0 Å². The molecular formula is C32H34O2S2. The summed E-state index contributed by atoms with van der Waals surface area (Å²) in [6.45, 7) is 0. The van der Waals surface area contributed by atoms with E-state index in [4.69, 9.17) is 0 Å². The van der Waals surface area contributed by atoms with Crippen LogP contribution in [-0.2, 0) is 21.6 Å². The summed E-state index contributed by atoms with van der Waals surface area (Å²) >= 11 is 0. The molecule has 4 heteroatoms. The second-order valence-electron chi connectivity index (χ2n) is 10.4. The van der Waals surface area contributed by atoms with E-state index in [1.54, 1.807) is 0 Å². The zero-order valence-electron chi connectivity index (χ0n) is 20.8. The van der Waals surface area contributed by atoms with E-state index >= 15 is 0 Å². The lowest BCUT2D eigenvalue weighted by atomic mass is 9.93.